The summed E-state index contributed by atoms with van der Waals surface area (Å²) in [5, 5.41) is 3.08. The molecule has 2 aromatic carbocycles. The van der Waals surface area contributed by atoms with E-state index in [-0.39, 0.29) is 5.91 Å². The van der Waals surface area contributed by atoms with Crippen LogP contribution in [0.3, 0.4) is 0 Å². The smallest absolute Gasteiger partial charge is 0.253 e. The fourth-order valence-electron chi connectivity index (χ4n) is 3.99. The largest absolute Gasteiger partial charge is 0.493 e. The first-order valence-corrected chi connectivity index (χ1v) is 12.4. The molecular formula is C26H31N3O3S. The quantitative estimate of drug-likeness (QED) is 0.481. The van der Waals surface area contributed by atoms with Gasteiger partial charge in [-0.05, 0) is 49.2 Å². The van der Waals surface area contributed by atoms with Crippen molar-refractivity contribution in [3.05, 3.63) is 64.7 Å². The van der Waals surface area contributed by atoms with E-state index in [1.54, 1.807) is 18.4 Å². The van der Waals surface area contributed by atoms with Crippen LogP contribution in [0.5, 0.6) is 11.5 Å². The summed E-state index contributed by atoms with van der Waals surface area (Å²) in [6.45, 7) is 8.64. The summed E-state index contributed by atoms with van der Waals surface area (Å²) in [5.41, 5.74) is 4.10. The normalized spacial score (nSPS) is 14.3. The number of ether oxygens (including phenoxy) is 2. The van der Waals surface area contributed by atoms with Crippen molar-refractivity contribution in [1.29, 1.82) is 0 Å². The van der Waals surface area contributed by atoms with Crippen LogP contribution in [0.25, 0.3) is 10.6 Å². The second-order valence-electron chi connectivity index (χ2n) is 8.06. The maximum absolute atomic E-state index is 12.8. The standard InChI is InChI=1S/C26H31N3O3S/c1-4-19-6-8-20(9-7-19)26(30)29-14-12-28(13-15-29)17-22-18-33-25(27-22)21-10-11-23(32-5-2)24(16-21)31-3/h6-11,16,18H,4-5,12-15,17H2,1-3H3. The van der Waals surface area contributed by atoms with E-state index in [0.717, 1.165) is 72.5 Å². The minimum absolute atomic E-state index is 0.123. The monoisotopic (exact) mass is 465 g/mol. The Bertz CT molecular complexity index is 1070. The maximum atomic E-state index is 12.8. The van der Waals surface area contributed by atoms with Gasteiger partial charge in [0.25, 0.3) is 5.91 Å². The van der Waals surface area contributed by atoms with Crippen molar-refractivity contribution in [1.82, 2.24) is 14.8 Å². The maximum Gasteiger partial charge on any atom is 0.253 e. The molecule has 0 N–H and O–H groups in total. The van der Waals surface area contributed by atoms with Crippen LogP contribution in [0.2, 0.25) is 0 Å². The molecule has 1 aliphatic heterocycles. The Morgan fingerprint density at radius 3 is 2.45 bits per heavy atom. The zero-order valence-electron chi connectivity index (χ0n) is 19.5. The minimum Gasteiger partial charge on any atom is -0.493 e. The summed E-state index contributed by atoms with van der Waals surface area (Å²) < 4.78 is 11.1. The first kappa shape index (κ1) is 23.3. The van der Waals surface area contributed by atoms with Crippen LogP contribution in [-0.2, 0) is 13.0 Å². The third kappa shape index (κ3) is 5.54. The number of hydrogen-bond acceptors (Lipinski definition) is 6. The molecule has 1 saturated heterocycles. The molecule has 1 aliphatic rings. The number of nitrogens with zero attached hydrogens (tertiary/aromatic N) is 3. The second-order valence-corrected chi connectivity index (χ2v) is 8.92. The summed E-state index contributed by atoms with van der Waals surface area (Å²) in [7, 11) is 1.65. The molecule has 0 atom stereocenters. The zero-order valence-corrected chi connectivity index (χ0v) is 20.4. The van der Waals surface area contributed by atoms with Gasteiger partial charge in [-0.1, -0.05) is 19.1 Å². The van der Waals surface area contributed by atoms with E-state index < -0.39 is 0 Å². The van der Waals surface area contributed by atoms with Gasteiger partial charge >= 0.3 is 0 Å². The van der Waals surface area contributed by atoms with Crippen molar-refractivity contribution in [3.8, 4) is 22.1 Å². The van der Waals surface area contributed by atoms with Crippen molar-refractivity contribution in [3.63, 3.8) is 0 Å². The van der Waals surface area contributed by atoms with Crippen LogP contribution in [0.4, 0.5) is 0 Å². The van der Waals surface area contributed by atoms with Crippen LogP contribution < -0.4 is 9.47 Å². The van der Waals surface area contributed by atoms with Crippen molar-refractivity contribution in [2.45, 2.75) is 26.8 Å². The van der Waals surface area contributed by atoms with Gasteiger partial charge in [-0.15, -0.1) is 11.3 Å². The van der Waals surface area contributed by atoms with E-state index >= 15 is 0 Å². The molecule has 0 saturated carbocycles. The van der Waals surface area contributed by atoms with Gasteiger partial charge in [0.15, 0.2) is 11.5 Å². The Kier molecular flexibility index (Phi) is 7.62. The summed E-state index contributed by atoms with van der Waals surface area (Å²) >= 11 is 1.64. The van der Waals surface area contributed by atoms with E-state index in [1.165, 1.54) is 5.56 Å². The van der Waals surface area contributed by atoms with Crippen LogP contribution >= 0.6 is 11.3 Å². The van der Waals surface area contributed by atoms with E-state index in [2.05, 4.69) is 17.2 Å². The topological polar surface area (TPSA) is 54.9 Å². The van der Waals surface area contributed by atoms with E-state index in [0.29, 0.717) is 6.61 Å². The number of amides is 1. The average molecular weight is 466 g/mol. The highest BCUT2D eigenvalue weighted by molar-refractivity contribution is 7.13. The molecule has 0 spiro atoms. The molecule has 2 heterocycles. The third-order valence-electron chi connectivity index (χ3n) is 5.92. The van der Waals surface area contributed by atoms with Gasteiger partial charge in [-0.3, -0.25) is 9.69 Å². The first-order valence-electron chi connectivity index (χ1n) is 11.5. The van der Waals surface area contributed by atoms with Crippen LogP contribution in [0.15, 0.2) is 47.8 Å². The molecule has 1 fully saturated rings. The third-order valence-corrected chi connectivity index (χ3v) is 6.86. The van der Waals surface area contributed by atoms with Crippen molar-refractivity contribution in [2.24, 2.45) is 0 Å². The second kappa shape index (κ2) is 10.8. The molecule has 6 nitrogen and oxygen atoms in total. The lowest BCUT2D eigenvalue weighted by atomic mass is 10.1. The van der Waals surface area contributed by atoms with Gasteiger partial charge in [0, 0.05) is 49.2 Å². The predicted octanol–water partition coefficient (Wildman–Crippen LogP) is 4.74. The van der Waals surface area contributed by atoms with Crippen LogP contribution in [0, 0.1) is 0 Å². The highest BCUT2D eigenvalue weighted by Gasteiger charge is 2.23. The highest BCUT2D eigenvalue weighted by atomic mass is 32.1. The van der Waals surface area contributed by atoms with Crippen LogP contribution in [0.1, 0.15) is 35.5 Å². The van der Waals surface area contributed by atoms with Gasteiger partial charge in [0.1, 0.15) is 5.01 Å². The number of carbonyl (C=O) groups excluding carboxylic acids is 1. The summed E-state index contributed by atoms with van der Waals surface area (Å²) in [6, 6.07) is 13.9. The summed E-state index contributed by atoms with van der Waals surface area (Å²) in [5.74, 6) is 1.59. The Morgan fingerprint density at radius 1 is 1.03 bits per heavy atom. The number of benzene rings is 2. The molecule has 0 radical (unpaired) electrons. The number of hydrogen-bond donors (Lipinski definition) is 0. The van der Waals surface area contributed by atoms with Crippen molar-refractivity contribution >= 4 is 17.2 Å². The molecule has 33 heavy (non-hydrogen) atoms. The van der Waals surface area contributed by atoms with Crippen molar-refractivity contribution in [2.75, 3.05) is 39.9 Å². The van der Waals surface area contributed by atoms with Crippen molar-refractivity contribution < 1.29 is 14.3 Å². The number of aryl methyl sites for hydroxylation is 1. The molecule has 1 amide bonds. The first-order chi connectivity index (χ1) is 16.1. The lowest BCUT2D eigenvalue weighted by Crippen LogP contribution is -2.48. The Morgan fingerprint density at radius 2 is 1.79 bits per heavy atom. The minimum atomic E-state index is 0.123. The fourth-order valence-corrected chi connectivity index (χ4v) is 4.80. The average Bonchev–Trinajstić information content (AvgIpc) is 3.33. The molecule has 3 aromatic rings. The molecule has 7 heteroatoms. The lowest BCUT2D eigenvalue weighted by Gasteiger charge is -2.34. The SMILES string of the molecule is CCOc1ccc(-c2nc(CN3CCN(C(=O)c4ccc(CC)cc4)CC3)cs2)cc1OC. The predicted molar refractivity (Wildman–Crippen MR) is 132 cm³/mol. The Labute approximate surface area is 199 Å². The number of piperazine rings is 1. The Balaban J connectivity index is 1.33. The van der Waals surface area contributed by atoms with E-state index in [9.17, 15) is 4.79 Å². The molecule has 174 valence electrons. The van der Waals surface area contributed by atoms with E-state index in [1.807, 2.05) is 54.3 Å². The van der Waals surface area contributed by atoms with E-state index in [4.69, 9.17) is 14.5 Å². The molecule has 1 aromatic heterocycles. The van der Waals surface area contributed by atoms with Crippen LogP contribution in [-0.4, -0.2) is 60.6 Å². The number of rotatable bonds is 8. The molecular weight excluding hydrogens is 434 g/mol. The van der Waals surface area contributed by atoms with Gasteiger partial charge in [-0.2, -0.15) is 0 Å². The van der Waals surface area contributed by atoms with Gasteiger partial charge in [-0.25, -0.2) is 4.98 Å². The number of aromatic nitrogens is 1. The Hall–Kier alpha value is -2.90. The lowest BCUT2D eigenvalue weighted by molar-refractivity contribution is 0.0627. The number of methoxy groups -OCH3 is 1. The summed E-state index contributed by atoms with van der Waals surface area (Å²) in [4.78, 5) is 22.0. The zero-order chi connectivity index (χ0) is 23.2. The van der Waals surface area contributed by atoms with Gasteiger partial charge in [0.05, 0.1) is 19.4 Å². The number of thiazole rings is 1. The molecule has 0 bridgehead atoms. The molecule has 4 rings (SSSR count). The highest BCUT2D eigenvalue weighted by Crippen LogP contribution is 2.34. The van der Waals surface area contributed by atoms with Gasteiger partial charge in [0.2, 0.25) is 0 Å². The molecule has 0 aliphatic carbocycles. The van der Waals surface area contributed by atoms with Gasteiger partial charge < -0.3 is 14.4 Å². The summed E-state index contributed by atoms with van der Waals surface area (Å²) in [6.07, 6.45) is 0.984. The molecule has 0 unspecified atom stereocenters. The number of carbonyl (C=O) groups is 1. The fraction of sp³-hybridized carbons (Fsp3) is 0.385.